The van der Waals surface area contributed by atoms with Crippen LogP contribution in [0.25, 0.3) is 0 Å². The maximum Gasteiger partial charge on any atom is 0.408 e. The second kappa shape index (κ2) is 7.57. The molecule has 0 fully saturated rings. The number of amides is 1. The second-order valence-electron chi connectivity index (χ2n) is 5.25. The van der Waals surface area contributed by atoms with Crippen LogP contribution in [-0.4, -0.2) is 34.6 Å². The number of hydrogen-bond acceptors (Lipinski definition) is 4. The van der Waals surface area contributed by atoms with Gasteiger partial charge < -0.3 is 14.8 Å². The number of carbonyl (C=O) groups excluding carboxylic acids is 2. The molecule has 0 aliphatic rings. The summed E-state index contributed by atoms with van der Waals surface area (Å²) in [5, 5.41) is 2.42. The molecule has 0 saturated heterocycles. The predicted octanol–water partition coefficient (Wildman–Crippen LogP) is 3.45. The van der Waals surface area contributed by atoms with Crippen molar-refractivity contribution in [2.45, 2.75) is 49.6 Å². The zero-order chi connectivity index (χ0) is 16.1. The lowest BCUT2D eigenvalue weighted by Gasteiger charge is -2.32. The average molecular weight is 349 g/mol. The molecule has 0 aromatic carbocycles. The fourth-order valence-electron chi connectivity index (χ4n) is 1.29. The molecule has 0 rings (SSSR count). The van der Waals surface area contributed by atoms with E-state index in [1.54, 1.807) is 0 Å². The Morgan fingerprint density at radius 3 is 2.05 bits per heavy atom. The fraction of sp³-hybridized carbons (Fsp3) is 0.833. The summed E-state index contributed by atoms with van der Waals surface area (Å²) < 4.78 is 7.89. The maximum atomic E-state index is 11.8. The lowest BCUT2D eigenvalue weighted by atomic mass is 10.0. The van der Waals surface area contributed by atoms with Crippen LogP contribution in [-0.2, 0) is 14.3 Å². The Hall–Kier alpha value is -0.390. The van der Waals surface area contributed by atoms with Gasteiger partial charge in [-0.15, -0.1) is 0 Å². The molecule has 1 N–H and O–H groups in total. The van der Waals surface area contributed by atoms with Crippen molar-refractivity contribution in [2.75, 3.05) is 7.11 Å². The van der Waals surface area contributed by atoms with E-state index in [9.17, 15) is 9.59 Å². The third-order valence-electron chi connectivity index (χ3n) is 2.52. The van der Waals surface area contributed by atoms with Gasteiger partial charge >= 0.3 is 12.1 Å². The van der Waals surface area contributed by atoms with Gasteiger partial charge in [0.25, 0.3) is 0 Å². The predicted molar refractivity (Wildman–Crippen MR) is 79.2 cm³/mol. The highest BCUT2D eigenvalue weighted by Crippen LogP contribution is 2.40. The average Bonchev–Trinajstić information content (AvgIpc) is 2.23. The quantitative estimate of drug-likeness (QED) is 0.610. The van der Waals surface area contributed by atoms with Crippen molar-refractivity contribution in [1.29, 1.82) is 0 Å². The van der Waals surface area contributed by atoms with E-state index in [0.29, 0.717) is 6.42 Å². The van der Waals surface area contributed by atoms with Crippen LogP contribution < -0.4 is 5.32 Å². The molecule has 0 aliphatic heterocycles. The summed E-state index contributed by atoms with van der Waals surface area (Å²) in [6, 6.07) is -0.807. The molecule has 0 radical (unpaired) electrons. The molecule has 1 amide bonds. The molecule has 0 bridgehead atoms. The molecule has 1 atom stereocenters. The first-order valence-electron chi connectivity index (χ1n) is 6.04. The molecule has 0 aromatic heterocycles. The Bertz CT molecular complexity index is 353. The SMILES string of the molecule is COC(=O)[C@H](CC(C)C)NC(=O)OC(C)(C)C(Cl)(Cl)Cl. The first kappa shape index (κ1) is 19.6. The van der Waals surface area contributed by atoms with E-state index in [1.165, 1.54) is 21.0 Å². The number of alkyl halides is 3. The van der Waals surface area contributed by atoms with Crippen molar-refractivity contribution in [3.63, 3.8) is 0 Å². The molecular formula is C12H20Cl3NO4. The van der Waals surface area contributed by atoms with Crippen molar-refractivity contribution in [2.24, 2.45) is 5.92 Å². The van der Waals surface area contributed by atoms with Crippen molar-refractivity contribution < 1.29 is 19.1 Å². The topological polar surface area (TPSA) is 64.6 Å². The van der Waals surface area contributed by atoms with E-state index in [0.717, 1.165) is 0 Å². The minimum Gasteiger partial charge on any atom is -0.467 e. The molecule has 0 saturated carbocycles. The number of alkyl carbamates (subject to hydrolysis) is 1. The summed E-state index contributed by atoms with van der Waals surface area (Å²) in [6.07, 6.45) is -0.437. The highest BCUT2D eigenvalue weighted by Gasteiger charge is 2.44. The summed E-state index contributed by atoms with van der Waals surface area (Å²) in [7, 11) is 1.24. The lowest BCUT2D eigenvalue weighted by Crippen LogP contribution is -2.48. The van der Waals surface area contributed by atoms with E-state index < -0.39 is 27.5 Å². The van der Waals surface area contributed by atoms with Crippen LogP contribution in [0.4, 0.5) is 4.79 Å². The minimum atomic E-state index is -1.79. The molecule has 0 unspecified atom stereocenters. The van der Waals surface area contributed by atoms with Crippen LogP contribution in [0.1, 0.15) is 34.1 Å². The van der Waals surface area contributed by atoms with Gasteiger partial charge in [0.2, 0.25) is 3.79 Å². The normalized spacial score (nSPS) is 13.8. The Morgan fingerprint density at radius 1 is 1.20 bits per heavy atom. The fourth-order valence-corrected chi connectivity index (χ4v) is 1.40. The summed E-state index contributed by atoms with van der Waals surface area (Å²) in [5.41, 5.74) is -1.35. The first-order valence-corrected chi connectivity index (χ1v) is 7.18. The third-order valence-corrected chi connectivity index (χ3v) is 3.88. The number of halogens is 3. The van der Waals surface area contributed by atoms with E-state index in [4.69, 9.17) is 39.5 Å². The Morgan fingerprint density at radius 2 is 1.70 bits per heavy atom. The van der Waals surface area contributed by atoms with Gasteiger partial charge in [-0.1, -0.05) is 48.7 Å². The van der Waals surface area contributed by atoms with Crippen LogP contribution in [0, 0.1) is 5.92 Å². The van der Waals surface area contributed by atoms with Gasteiger partial charge in [0.15, 0.2) is 5.60 Å². The zero-order valence-electron chi connectivity index (χ0n) is 12.1. The van der Waals surface area contributed by atoms with Gasteiger partial charge in [-0.3, -0.25) is 0 Å². The van der Waals surface area contributed by atoms with E-state index in [-0.39, 0.29) is 5.92 Å². The Labute approximate surface area is 134 Å². The van der Waals surface area contributed by atoms with Gasteiger partial charge in [0.05, 0.1) is 7.11 Å². The molecular weight excluding hydrogens is 328 g/mol. The van der Waals surface area contributed by atoms with Gasteiger partial charge in [0, 0.05) is 0 Å². The lowest BCUT2D eigenvalue weighted by molar-refractivity contribution is -0.143. The van der Waals surface area contributed by atoms with Crippen LogP contribution >= 0.6 is 34.8 Å². The van der Waals surface area contributed by atoms with Crippen LogP contribution in [0.5, 0.6) is 0 Å². The zero-order valence-corrected chi connectivity index (χ0v) is 14.4. The third kappa shape index (κ3) is 6.37. The van der Waals surface area contributed by atoms with Crippen LogP contribution in [0.2, 0.25) is 0 Å². The maximum absolute atomic E-state index is 11.8. The highest BCUT2D eigenvalue weighted by atomic mass is 35.6. The number of hydrogen-bond donors (Lipinski definition) is 1. The van der Waals surface area contributed by atoms with Crippen LogP contribution in [0.15, 0.2) is 0 Å². The Kier molecular flexibility index (Phi) is 7.42. The molecule has 0 spiro atoms. The van der Waals surface area contributed by atoms with Crippen molar-refractivity contribution in [3.8, 4) is 0 Å². The number of methoxy groups -OCH3 is 1. The van der Waals surface area contributed by atoms with E-state index in [1.807, 2.05) is 13.8 Å². The molecule has 0 heterocycles. The number of esters is 1. The van der Waals surface area contributed by atoms with E-state index in [2.05, 4.69) is 10.1 Å². The number of ether oxygens (including phenoxy) is 2. The largest absolute Gasteiger partial charge is 0.467 e. The number of nitrogens with one attached hydrogen (secondary N) is 1. The summed E-state index contributed by atoms with van der Waals surface area (Å²) >= 11 is 17.1. The Balaban J connectivity index is 4.74. The van der Waals surface area contributed by atoms with Crippen molar-refractivity contribution in [1.82, 2.24) is 5.32 Å². The second-order valence-corrected chi connectivity index (χ2v) is 7.53. The minimum absolute atomic E-state index is 0.181. The van der Waals surface area contributed by atoms with Crippen molar-refractivity contribution in [3.05, 3.63) is 0 Å². The van der Waals surface area contributed by atoms with Gasteiger partial charge in [-0.2, -0.15) is 0 Å². The van der Waals surface area contributed by atoms with Gasteiger partial charge in [-0.05, 0) is 26.2 Å². The van der Waals surface area contributed by atoms with Gasteiger partial charge in [0.1, 0.15) is 6.04 Å². The smallest absolute Gasteiger partial charge is 0.408 e. The number of rotatable bonds is 5. The van der Waals surface area contributed by atoms with Gasteiger partial charge in [-0.25, -0.2) is 9.59 Å². The number of carbonyl (C=O) groups is 2. The first-order chi connectivity index (χ1) is 8.90. The molecule has 8 heteroatoms. The highest BCUT2D eigenvalue weighted by molar-refractivity contribution is 6.68. The van der Waals surface area contributed by atoms with E-state index >= 15 is 0 Å². The molecule has 5 nitrogen and oxygen atoms in total. The van der Waals surface area contributed by atoms with Crippen LogP contribution in [0.3, 0.4) is 0 Å². The summed E-state index contributed by atoms with van der Waals surface area (Å²) in [4.78, 5) is 23.4. The van der Waals surface area contributed by atoms with Crippen molar-refractivity contribution >= 4 is 46.9 Å². The summed E-state index contributed by atoms with van der Waals surface area (Å²) in [5.74, 6) is -0.372. The summed E-state index contributed by atoms with van der Waals surface area (Å²) in [6.45, 7) is 6.73. The monoisotopic (exact) mass is 347 g/mol. The molecule has 118 valence electrons. The molecule has 0 aromatic rings. The standard InChI is InChI=1S/C12H20Cl3NO4/c1-7(2)6-8(9(17)19-5)16-10(18)20-11(3,4)12(13,14)15/h7-8H,6H2,1-5H3,(H,16,18)/t8-/m0/s1. The molecule has 0 aliphatic carbocycles. The molecule has 20 heavy (non-hydrogen) atoms.